The van der Waals surface area contributed by atoms with Crippen molar-refractivity contribution in [2.24, 2.45) is 52.1 Å². The molecule has 3 saturated carbocycles. The van der Waals surface area contributed by atoms with Crippen molar-refractivity contribution in [3.05, 3.63) is 88.8 Å². The molecule has 356 valence electrons. The van der Waals surface area contributed by atoms with Crippen molar-refractivity contribution in [1.29, 1.82) is 0 Å². The summed E-state index contributed by atoms with van der Waals surface area (Å²) < 4.78 is 5.58. The number of Topliss-reactive ketones (excluding diaryl/α,β-unsaturated/α-hetero) is 2. The number of benzene rings is 2. The highest BCUT2D eigenvalue weighted by molar-refractivity contribution is 5.89. The van der Waals surface area contributed by atoms with Crippen LogP contribution in [-0.2, 0) is 16.0 Å². The third-order valence-corrected chi connectivity index (χ3v) is 17.1. The Labute approximate surface area is 394 Å². The quantitative estimate of drug-likeness (QED) is 0.0961. The molecule has 9 nitrogen and oxygen atoms in total. The number of fused-ring (bicyclic) bond motifs is 2. The first-order valence-corrected chi connectivity index (χ1v) is 25.6. The van der Waals surface area contributed by atoms with Gasteiger partial charge in [0.25, 0.3) is 0 Å². The minimum Gasteiger partial charge on any atom is -0.504 e. The molecule has 4 fully saturated rings. The molecule has 9 heteroatoms. The van der Waals surface area contributed by atoms with E-state index in [1.165, 1.54) is 39.2 Å². The van der Waals surface area contributed by atoms with Crippen molar-refractivity contribution in [3.63, 3.8) is 0 Å². The summed E-state index contributed by atoms with van der Waals surface area (Å²) in [6, 6.07) is 14.2. The van der Waals surface area contributed by atoms with Gasteiger partial charge < -0.3 is 36.4 Å². The van der Waals surface area contributed by atoms with Crippen molar-refractivity contribution in [1.82, 2.24) is 10.6 Å². The maximum absolute atomic E-state index is 14.6. The Balaban J connectivity index is 1.05. The molecule has 2 aliphatic heterocycles. The van der Waals surface area contributed by atoms with E-state index in [-0.39, 0.29) is 35.2 Å². The monoisotopic (exact) mass is 900 g/mol. The highest BCUT2D eigenvalue weighted by Gasteiger charge is 2.51. The molecule has 0 bridgehead atoms. The maximum Gasteiger partial charge on any atom is 0.160 e. The van der Waals surface area contributed by atoms with Crippen molar-refractivity contribution in [3.8, 4) is 23.3 Å². The Kier molecular flexibility index (Phi) is 15.5. The van der Waals surface area contributed by atoms with Gasteiger partial charge in [-0.1, -0.05) is 93.5 Å². The molecule has 2 aromatic carbocycles. The number of nitrogens with one attached hydrogen (secondary N) is 2. The number of aliphatic hydroxyl groups is 2. The third kappa shape index (κ3) is 10.8. The largest absolute Gasteiger partial charge is 0.504 e. The van der Waals surface area contributed by atoms with E-state index in [1.807, 2.05) is 30.3 Å². The summed E-state index contributed by atoms with van der Waals surface area (Å²) in [6.45, 7) is 6.04. The Bertz CT molecular complexity index is 2180. The first kappa shape index (κ1) is 48.1. The lowest BCUT2D eigenvalue weighted by molar-refractivity contribution is -0.135. The van der Waals surface area contributed by atoms with E-state index in [0.29, 0.717) is 98.6 Å². The number of aliphatic hydroxyl groups excluding tert-OH is 2. The lowest BCUT2D eigenvalue weighted by Crippen LogP contribution is -2.53. The molecule has 10 atom stereocenters. The molecule has 6 aliphatic rings. The van der Waals surface area contributed by atoms with E-state index < -0.39 is 23.5 Å². The van der Waals surface area contributed by atoms with Crippen LogP contribution in [0.25, 0.3) is 6.08 Å². The number of piperidine rings is 1. The van der Waals surface area contributed by atoms with Gasteiger partial charge in [-0.2, -0.15) is 0 Å². The van der Waals surface area contributed by atoms with Gasteiger partial charge in [0.05, 0.1) is 25.1 Å². The molecule has 4 aliphatic carbocycles. The Hall–Kier alpha value is -4.36. The minimum absolute atomic E-state index is 0.00561. The zero-order chi connectivity index (χ0) is 46.4. The van der Waals surface area contributed by atoms with Crippen LogP contribution in [0.15, 0.2) is 72.1 Å². The number of dihydropyridines is 1. The number of carbonyl (C=O) groups excluding carboxylic acids is 2. The van der Waals surface area contributed by atoms with Gasteiger partial charge in [0, 0.05) is 43.7 Å². The molecule has 1 saturated heterocycles. The van der Waals surface area contributed by atoms with E-state index in [2.05, 4.69) is 66.7 Å². The standard InChI is InChI=1S/C57H77N3O6/c1-37(2)11-17-47(46(42-23-28-59-55(58)32-42)18-12-38-9-5-4-6-10-38)50(62)19-14-40-22-27-57(53(64)20-15-41-31-52(66-3)51(63)34-48(40)41)26-21-39(29-54(57)65)35-56(24-7-8-25-56)44-30-43-13-16-45(61)33-49(43)60-36-44/h4-6,9-10,12,18,23,31-32,34,37,39-40,43-44,46-47,49-50,54,59-60,62-63,65H,7-8,11,13-17,19-21,24-26,28-30,33,35-36,58H2,1-3H3. The minimum atomic E-state index is -1.17. The smallest absolute Gasteiger partial charge is 0.160 e. The Morgan fingerprint density at radius 3 is 2.55 bits per heavy atom. The van der Waals surface area contributed by atoms with E-state index in [1.54, 1.807) is 6.07 Å². The van der Waals surface area contributed by atoms with Crippen LogP contribution in [0.5, 0.6) is 11.5 Å². The van der Waals surface area contributed by atoms with Crippen LogP contribution >= 0.6 is 0 Å². The molecule has 8 rings (SSSR count). The normalized spacial score (nSPS) is 30.1. The molecule has 2 heterocycles. The van der Waals surface area contributed by atoms with Crippen LogP contribution < -0.4 is 21.1 Å². The summed E-state index contributed by atoms with van der Waals surface area (Å²) in [4.78, 5) is 26.9. The first-order chi connectivity index (χ1) is 31.9. The van der Waals surface area contributed by atoms with E-state index in [4.69, 9.17) is 10.5 Å². The summed E-state index contributed by atoms with van der Waals surface area (Å²) in [5.41, 5.74) is 9.35. The topological polar surface area (TPSA) is 154 Å². The summed E-state index contributed by atoms with van der Waals surface area (Å²) in [5, 5.41) is 43.0. The summed E-state index contributed by atoms with van der Waals surface area (Å²) in [6.07, 6.45) is 21.9. The third-order valence-electron chi connectivity index (χ3n) is 17.1. The predicted molar refractivity (Wildman–Crippen MR) is 262 cm³/mol. The van der Waals surface area contributed by atoms with Crippen LogP contribution in [0.4, 0.5) is 0 Å². The average Bonchev–Trinajstić information content (AvgIpc) is 3.80. The lowest BCUT2D eigenvalue weighted by atomic mass is 9.58. The number of ketones is 2. The van der Waals surface area contributed by atoms with Crippen molar-refractivity contribution in [2.45, 2.75) is 154 Å². The number of phenolic OH excluding ortho intramolecular Hbond substituents is 1. The Morgan fingerprint density at radius 2 is 1.80 bits per heavy atom. The molecule has 7 N–H and O–H groups in total. The predicted octanol–water partition coefficient (Wildman–Crippen LogP) is 9.30. The summed E-state index contributed by atoms with van der Waals surface area (Å²) in [5.74, 6) is 9.80. The molecule has 66 heavy (non-hydrogen) atoms. The zero-order valence-corrected chi connectivity index (χ0v) is 39.9. The van der Waals surface area contributed by atoms with Gasteiger partial charge in [0.1, 0.15) is 11.2 Å². The second kappa shape index (κ2) is 21.3. The van der Waals surface area contributed by atoms with Gasteiger partial charge in [0.15, 0.2) is 17.3 Å². The number of hydrogen-bond acceptors (Lipinski definition) is 9. The number of aryl methyl sites for hydroxylation is 1. The van der Waals surface area contributed by atoms with Gasteiger partial charge in [-0.05, 0) is 159 Å². The number of carbonyl (C=O) groups is 2. The zero-order valence-electron chi connectivity index (χ0n) is 39.9. The van der Waals surface area contributed by atoms with E-state index in [9.17, 15) is 24.9 Å². The second-order valence-corrected chi connectivity index (χ2v) is 21.6. The number of rotatable bonds is 15. The number of methoxy groups -OCH3 is 1. The first-order valence-electron chi connectivity index (χ1n) is 25.6. The van der Waals surface area contributed by atoms with Crippen LogP contribution in [0.1, 0.15) is 146 Å². The molecule has 0 aromatic heterocycles. The average molecular weight is 900 g/mol. The molecular formula is C57H77N3O6. The number of hydrogen-bond donors (Lipinski definition) is 6. The number of aromatic hydroxyl groups is 1. The molecule has 0 amide bonds. The van der Waals surface area contributed by atoms with Crippen LogP contribution in [-0.4, -0.2) is 65.3 Å². The van der Waals surface area contributed by atoms with Gasteiger partial charge in [0.2, 0.25) is 0 Å². The van der Waals surface area contributed by atoms with Crippen LogP contribution in [0.3, 0.4) is 0 Å². The van der Waals surface area contributed by atoms with Crippen molar-refractivity contribution < 1.29 is 29.6 Å². The molecule has 1 spiro atoms. The highest BCUT2D eigenvalue weighted by atomic mass is 16.5. The van der Waals surface area contributed by atoms with Gasteiger partial charge in [-0.25, -0.2) is 0 Å². The Morgan fingerprint density at radius 1 is 1.00 bits per heavy atom. The van der Waals surface area contributed by atoms with E-state index in [0.717, 1.165) is 60.9 Å². The summed E-state index contributed by atoms with van der Waals surface area (Å²) in [7, 11) is 1.54. The van der Waals surface area contributed by atoms with Crippen molar-refractivity contribution >= 4 is 17.6 Å². The number of phenols is 1. The van der Waals surface area contributed by atoms with E-state index >= 15 is 0 Å². The van der Waals surface area contributed by atoms with Crippen molar-refractivity contribution in [2.75, 3.05) is 20.2 Å². The fourth-order valence-corrected chi connectivity index (χ4v) is 13.3. The summed E-state index contributed by atoms with van der Waals surface area (Å²) >= 11 is 0. The number of nitrogens with two attached hydrogens (primary N) is 1. The van der Waals surface area contributed by atoms with Crippen LogP contribution in [0, 0.1) is 58.2 Å². The van der Waals surface area contributed by atoms with Gasteiger partial charge in [-0.15, -0.1) is 0 Å². The van der Waals surface area contributed by atoms with Gasteiger partial charge >= 0.3 is 0 Å². The lowest BCUT2D eigenvalue weighted by Gasteiger charge is -2.49. The molecular weight excluding hydrogens is 823 g/mol. The number of ether oxygens (including phenoxy) is 1. The molecule has 10 unspecified atom stereocenters. The molecule has 0 radical (unpaired) electrons. The highest BCUT2D eigenvalue weighted by Crippen LogP contribution is 2.55. The second-order valence-electron chi connectivity index (χ2n) is 21.6. The fraction of sp³-hybridized carbons (Fsp3) is 0.614. The fourth-order valence-electron chi connectivity index (χ4n) is 13.3. The van der Waals surface area contributed by atoms with Crippen LogP contribution in [0.2, 0.25) is 0 Å². The maximum atomic E-state index is 14.6. The SMILES string of the molecule is COc1cc2c(cc1O)C(CCC(O)C(CCC(C)C)C(C=Cc1ccccc1)C1=CCNC(N)=C1)C#CC1(CCC(CC3(C4CNC5CC(=O)CCC5C4)CCCC3)CC1O)C(=O)CC2. The molecule has 2 aromatic rings. The van der Waals surface area contributed by atoms with Gasteiger partial charge in [-0.3, -0.25) is 9.59 Å². The number of allylic oxidation sites excluding steroid dienone is 3.